The summed E-state index contributed by atoms with van der Waals surface area (Å²) in [6.07, 6.45) is 1.77. The van der Waals surface area contributed by atoms with Crippen molar-refractivity contribution in [2.45, 2.75) is 19.9 Å². The van der Waals surface area contributed by atoms with Gasteiger partial charge in [0.15, 0.2) is 0 Å². The van der Waals surface area contributed by atoms with E-state index < -0.39 is 0 Å². The van der Waals surface area contributed by atoms with Gasteiger partial charge in [0.25, 0.3) is 0 Å². The molecule has 0 aliphatic carbocycles. The average molecular weight is 179 g/mol. The predicted molar refractivity (Wildman–Crippen MR) is 55.6 cm³/mol. The van der Waals surface area contributed by atoms with Gasteiger partial charge in [-0.2, -0.15) is 0 Å². The van der Waals surface area contributed by atoms with Crippen LogP contribution in [0.5, 0.6) is 0 Å². The zero-order valence-corrected chi connectivity index (χ0v) is 8.41. The first-order valence-electron chi connectivity index (χ1n) is 4.55. The molecule has 1 aromatic heterocycles. The van der Waals surface area contributed by atoms with Crippen LogP contribution in [0.4, 0.5) is 5.82 Å². The molecule has 1 unspecified atom stereocenters. The van der Waals surface area contributed by atoms with Gasteiger partial charge in [0.2, 0.25) is 0 Å². The minimum absolute atomic E-state index is 0.0520. The molecule has 13 heavy (non-hydrogen) atoms. The number of pyridine rings is 1. The SMILES string of the molecule is CNc1ncccc1C(N)C(C)C. The van der Waals surface area contributed by atoms with Gasteiger partial charge in [-0.3, -0.25) is 0 Å². The molecule has 0 amide bonds. The van der Waals surface area contributed by atoms with Crippen LogP contribution in [0.25, 0.3) is 0 Å². The normalized spacial score (nSPS) is 13.0. The summed E-state index contributed by atoms with van der Waals surface area (Å²) in [6.45, 7) is 4.22. The zero-order chi connectivity index (χ0) is 9.84. The van der Waals surface area contributed by atoms with Crippen LogP contribution in [0.2, 0.25) is 0 Å². The summed E-state index contributed by atoms with van der Waals surface area (Å²) in [5, 5.41) is 3.04. The highest BCUT2D eigenvalue weighted by atomic mass is 15.0. The van der Waals surface area contributed by atoms with Gasteiger partial charge in [-0.05, 0) is 12.0 Å². The lowest BCUT2D eigenvalue weighted by atomic mass is 9.98. The molecule has 3 heteroatoms. The van der Waals surface area contributed by atoms with E-state index in [1.54, 1.807) is 6.20 Å². The van der Waals surface area contributed by atoms with Crippen molar-refractivity contribution < 1.29 is 0 Å². The van der Waals surface area contributed by atoms with Crippen LogP contribution in [0.1, 0.15) is 25.5 Å². The Morgan fingerprint density at radius 1 is 1.46 bits per heavy atom. The Morgan fingerprint density at radius 3 is 2.69 bits per heavy atom. The molecular formula is C10H17N3. The second-order valence-electron chi connectivity index (χ2n) is 3.46. The Balaban J connectivity index is 2.98. The Labute approximate surface area is 79.4 Å². The third-order valence-electron chi connectivity index (χ3n) is 2.15. The molecule has 0 fully saturated rings. The molecule has 0 radical (unpaired) electrons. The number of nitrogens with one attached hydrogen (secondary N) is 1. The highest BCUT2D eigenvalue weighted by molar-refractivity contribution is 5.44. The smallest absolute Gasteiger partial charge is 0.130 e. The fourth-order valence-corrected chi connectivity index (χ4v) is 1.25. The molecule has 0 aliphatic heterocycles. The zero-order valence-electron chi connectivity index (χ0n) is 8.41. The first-order valence-corrected chi connectivity index (χ1v) is 4.55. The van der Waals surface area contributed by atoms with Gasteiger partial charge in [0.1, 0.15) is 5.82 Å². The van der Waals surface area contributed by atoms with Crippen LogP contribution < -0.4 is 11.1 Å². The lowest BCUT2D eigenvalue weighted by Gasteiger charge is -2.18. The fraction of sp³-hybridized carbons (Fsp3) is 0.500. The van der Waals surface area contributed by atoms with Crippen LogP contribution in [0.3, 0.4) is 0 Å². The number of rotatable bonds is 3. The average Bonchev–Trinajstić information content (AvgIpc) is 2.16. The third-order valence-corrected chi connectivity index (χ3v) is 2.15. The highest BCUT2D eigenvalue weighted by Crippen LogP contribution is 2.23. The molecule has 1 heterocycles. The van der Waals surface area contributed by atoms with E-state index in [9.17, 15) is 0 Å². The van der Waals surface area contributed by atoms with Crippen molar-refractivity contribution in [1.82, 2.24) is 4.98 Å². The van der Waals surface area contributed by atoms with Crippen LogP contribution in [-0.4, -0.2) is 12.0 Å². The summed E-state index contributed by atoms with van der Waals surface area (Å²) < 4.78 is 0. The monoisotopic (exact) mass is 179 g/mol. The molecular weight excluding hydrogens is 162 g/mol. The highest BCUT2D eigenvalue weighted by Gasteiger charge is 2.13. The molecule has 0 aromatic carbocycles. The topological polar surface area (TPSA) is 50.9 Å². The van der Waals surface area contributed by atoms with Crippen LogP contribution in [-0.2, 0) is 0 Å². The summed E-state index contributed by atoms with van der Waals surface area (Å²) in [4.78, 5) is 4.21. The fourth-order valence-electron chi connectivity index (χ4n) is 1.25. The Morgan fingerprint density at radius 2 is 2.15 bits per heavy atom. The molecule has 1 aromatic rings. The van der Waals surface area contributed by atoms with Crippen LogP contribution in [0, 0.1) is 5.92 Å². The van der Waals surface area contributed by atoms with E-state index in [2.05, 4.69) is 24.1 Å². The second kappa shape index (κ2) is 4.23. The molecule has 72 valence electrons. The molecule has 3 nitrogen and oxygen atoms in total. The molecule has 0 aliphatic rings. The summed E-state index contributed by atoms with van der Waals surface area (Å²) >= 11 is 0. The maximum atomic E-state index is 6.03. The summed E-state index contributed by atoms with van der Waals surface area (Å²) in [6, 6.07) is 3.98. The Bertz CT molecular complexity index is 271. The van der Waals surface area contributed by atoms with Gasteiger partial charge < -0.3 is 11.1 Å². The lowest BCUT2D eigenvalue weighted by Crippen LogP contribution is -2.18. The molecule has 3 N–H and O–H groups in total. The molecule has 0 saturated heterocycles. The summed E-state index contributed by atoms with van der Waals surface area (Å²) in [5.74, 6) is 1.31. The van der Waals surface area contributed by atoms with E-state index in [-0.39, 0.29) is 6.04 Å². The third kappa shape index (κ3) is 2.18. The van der Waals surface area contributed by atoms with Gasteiger partial charge in [-0.25, -0.2) is 4.98 Å². The van der Waals surface area contributed by atoms with Crippen molar-refractivity contribution in [1.29, 1.82) is 0 Å². The first-order chi connectivity index (χ1) is 6.16. The minimum atomic E-state index is 0.0520. The standard InChI is InChI=1S/C10H17N3/c1-7(2)9(11)8-5-4-6-13-10(8)12-3/h4-7,9H,11H2,1-3H3,(H,12,13). The summed E-state index contributed by atoms with van der Waals surface area (Å²) in [7, 11) is 1.86. The first kappa shape index (κ1) is 9.99. The predicted octanol–water partition coefficient (Wildman–Crippen LogP) is 1.78. The van der Waals surface area contributed by atoms with Gasteiger partial charge in [-0.1, -0.05) is 19.9 Å². The van der Waals surface area contributed by atoms with E-state index in [0.29, 0.717) is 5.92 Å². The van der Waals surface area contributed by atoms with Crippen molar-refractivity contribution in [2.24, 2.45) is 11.7 Å². The molecule has 1 rings (SSSR count). The molecule has 0 bridgehead atoms. The molecule has 1 atom stereocenters. The van der Waals surface area contributed by atoms with Crippen molar-refractivity contribution in [3.8, 4) is 0 Å². The number of anilines is 1. The number of hydrogen-bond acceptors (Lipinski definition) is 3. The number of aromatic nitrogens is 1. The largest absolute Gasteiger partial charge is 0.373 e. The second-order valence-corrected chi connectivity index (χ2v) is 3.46. The van der Waals surface area contributed by atoms with Gasteiger partial charge in [0.05, 0.1) is 0 Å². The molecule has 0 saturated carbocycles. The van der Waals surface area contributed by atoms with E-state index in [4.69, 9.17) is 5.73 Å². The van der Waals surface area contributed by atoms with Crippen molar-refractivity contribution in [3.63, 3.8) is 0 Å². The Hall–Kier alpha value is -1.09. The summed E-state index contributed by atoms with van der Waals surface area (Å²) in [5.41, 5.74) is 7.12. The minimum Gasteiger partial charge on any atom is -0.373 e. The van der Waals surface area contributed by atoms with Crippen molar-refractivity contribution in [3.05, 3.63) is 23.9 Å². The van der Waals surface area contributed by atoms with Crippen molar-refractivity contribution >= 4 is 5.82 Å². The Kier molecular flexibility index (Phi) is 3.25. The number of hydrogen-bond donors (Lipinski definition) is 2. The van der Waals surface area contributed by atoms with Gasteiger partial charge >= 0.3 is 0 Å². The maximum absolute atomic E-state index is 6.03. The van der Waals surface area contributed by atoms with Gasteiger partial charge in [0, 0.05) is 24.8 Å². The van der Waals surface area contributed by atoms with Crippen LogP contribution in [0.15, 0.2) is 18.3 Å². The van der Waals surface area contributed by atoms with E-state index in [0.717, 1.165) is 11.4 Å². The van der Waals surface area contributed by atoms with E-state index in [1.165, 1.54) is 0 Å². The van der Waals surface area contributed by atoms with E-state index in [1.807, 2.05) is 19.2 Å². The number of nitrogens with two attached hydrogens (primary N) is 1. The van der Waals surface area contributed by atoms with Crippen molar-refractivity contribution in [2.75, 3.05) is 12.4 Å². The quantitative estimate of drug-likeness (QED) is 0.743. The van der Waals surface area contributed by atoms with Crippen LogP contribution >= 0.6 is 0 Å². The molecule has 0 spiro atoms. The number of nitrogens with zero attached hydrogens (tertiary/aromatic N) is 1. The van der Waals surface area contributed by atoms with E-state index >= 15 is 0 Å². The maximum Gasteiger partial charge on any atom is 0.130 e. The van der Waals surface area contributed by atoms with Gasteiger partial charge in [-0.15, -0.1) is 0 Å². The lowest BCUT2D eigenvalue weighted by molar-refractivity contribution is 0.514.